The maximum atomic E-state index is 11.9. The zero-order valence-electron chi connectivity index (χ0n) is 9.44. The number of hydrogen-bond donors (Lipinski definition) is 0. The normalized spacial score (nSPS) is 14.9. The van der Waals surface area contributed by atoms with E-state index in [1.165, 1.54) is 6.92 Å². The van der Waals surface area contributed by atoms with Gasteiger partial charge in [-0.25, -0.2) is 0 Å². The van der Waals surface area contributed by atoms with E-state index >= 15 is 0 Å². The monoisotopic (exact) mass is 226 g/mol. The van der Waals surface area contributed by atoms with Gasteiger partial charge < -0.3 is 4.74 Å². The Labute approximate surface area is 87.8 Å². The van der Waals surface area contributed by atoms with Crippen LogP contribution in [0.2, 0.25) is 0 Å². The lowest BCUT2D eigenvalue weighted by Crippen LogP contribution is -2.25. The quantitative estimate of drug-likeness (QED) is 0.690. The Bertz CT molecular complexity index is 216. The van der Waals surface area contributed by atoms with E-state index in [9.17, 15) is 18.0 Å². The molecule has 5 heteroatoms. The van der Waals surface area contributed by atoms with Crippen LogP contribution >= 0.6 is 0 Å². The molecule has 0 rings (SSSR count). The first kappa shape index (κ1) is 14.3. The summed E-state index contributed by atoms with van der Waals surface area (Å²) >= 11 is 0. The maximum absolute atomic E-state index is 11.9. The largest absolute Gasteiger partial charge is 0.460 e. The minimum atomic E-state index is -4.22. The molecule has 0 aliphatic carbocycles. The van der Waals surface area contributed by atoms with E-state index in [0.29, 0.717) is 0 Å². The highest BCUT2D eigenvalue weighted by Crippen LogP contribution is 2.26. The van der Waals surface area contributed by atoms with Gasteiger partial charge in [0.15, 0.2) is 0 Å². The van der Waals surface area contributed by atoms with E-state index in [2.05, 4.69) is 0 Å². The molecule has 0 N–H and O–H groups in total. The molecule has 0 saturated carbocycles. The standard InChI is InChI=1S/C10H17F3O2/c1-7(6-10(11,12)13)5-8(14)15-9(2,3)4/h7H,5-6H2,1-4H3. The summed E-state index contributed by atoms with van der Waals surface area (Å²) in [6, 6.07) is 0. The second-order valence-electron chi connectivity index (χ2n) is 4.72. The molecular weight excluding hydrogens is 209 g/mol. The molecule has 0 saturated heterocycles. The van der Waals surface area contributed by atoms with Crippen molar-refractivity contribution in [2.24, 2.45) is 5.92 Å². The zero-order valence-corrected chi connectivity index (χ0v) is 9.44. The summed E-state index contributed by atoms with van der Waals surface area (Å²) < 4.78 is 40.7. The van der Waals surface area contributed by atoms with Crippen molar-refractivity contribution in [3.05, 3.63) is 0 Å². The van der Waals surface area contributed by atoms with Gasteiger partial charge in [0.2, 0.25) is 0 Å². The van der Waals surface area contributed by atoms with Gasteiger partial charge in [-0.15, -0.1) is 0 Å². The van der Waals surface area contributed by atoms with Crippen LogP contribution in [-0.4, -0.2) is 17.7 Å². The molecular formula is C10H17F3O2. The second kappa shape index (κ2) is 4.86. The third-order valence-corrected chi connectivity index (χ3v) is 1.52. The van der Waals surface area contributed by atoms with Crippen molar-refractivity contribution < 1.29 is 22.7 Å². The van der Waals surface area contributed by atoms with E-state index in [1.807, 2.05) is 0 Å². The summed E-state index contributed by atoms with van der Waals surface area (Å²) in [5.41, 5.74) is -0.644. The Kier molecular flexibility index (Phi) is 4.62. The summed E-state index contributed by atoms with van der Waals surface area (Å²) in [6.45, 7) is 6.43. The number of carbonyl (C=O) groups is 1. The van der Waals surface area contributed by atoms with Gasteiger partial charge in [0, 0.05) is 12.8 Å². The summed E-state index contributed by atoms with van der Waals surface area (Å²) in [5.74, 6) is -1.32. The molecule has 0 radical (unpaired) electrons. The molecule has 0 aliphatic rings. The number of halogens is 3. The summed E-state index contributed by atoms with van der Waals surface area (Å²) in [7, 11) is 0. The molecule has 0 aromatic carbocycles. The van der Waals surface area contributed by atoms with Crippen LogP contribution in [0.15, 0.2) is 0 Å². The summed E-state index contributed by atoms with van der Waals surface area (Å²) in [6.07, 6.45) is -5.37. The Morgan fingerprint density at radius 2 is 1.73 bits per heavy atom. The van der Waals surface area contributed by atoms with Gasteiger partial charge in [0.1, 0.15) is 5.60 Å². The van der Waals surface area contributed by atoms with Crippen molar-refractivity contribution in [3.8, 4) is 0 Å². The van der Waals surface area contributed by atoms with Crippen molar-refractivity contribution in [1.82, 2.24) is 0 Å². The third-order valence-electron chi connectivity index (χ3n) is 1.52. The number of hydrogen-bond acceptors (Lipinski definition) is 2. The van der Waals surface area contributed by atoms with Crippen LogP contribution in [0.5, 0.6) is 0 Å². The smallest absolute Gasteiger partial charge is 0.389 e. The molecule has 0 aliphatic heterocycles. The first-order chi connectivity index (χ1) is 6.49. The molecule has 0 spiro atoms. The van der Waals surface area contributed by atoms with E-state index in [4.69, 9.17) is 4.74 Å². The molecule has 1 atom stereocenters. The van der Waals surface area contributed by atoms with Gasteiger partial charge in [-0.05, 0) is 26.7 Å². The SMILES string of the molecule is CC(CC(=O)OC(C)(C)C)CC(F)(F)F. The molecule has 90 valence electrons. The highest BCUT2D eigenvalue weighted by molar-refractivity contribution is 5.70. The molecule has 0 fully saturated rings. The fraction of sp³-hybridized carbons (Fsp3) is 0.900. The van der Waals surface area contributed by atoms with Gasteiger partial charge in [0.05, 0.1) is 0 Å². The molecule has 0 aromatic rings. The van der Waals surface area contributed by atoms with Crippen molar-refractivity contribution in [2.45, 2.75) is 52.3 Å². The maximum Gasteiger partial charge on any atom is 0.389 e. The van der Waals surface area contributed by atoms with E-state index in [0.717, 1.165) is 0 Å². The minimum absolute atomic E-state index is 0.198. The third kappa shape index (κ3) is 9.56. The molecule has 2 nitrogen and oxygen atoms in total. The second-order valence-corrected chi connectivity index (χ2v) is 4.72. The van der Waals surface area contributed by atoms with Gasteiger partial charge in [0.25, 0.3) is 0 Å². The molecule has 15 heavy (non-hydrogen) atoms. The fourth-order valence-electron chi connectivity index (χ4n) is 1.13. The van der Waals surface area contributed by atoms with Crippen LogP contribution in [0.1, 0.15) is 40.5 Å². The van der Waals surface area contributed by atoms with E-state index < -0.39 is 30.1 Å². The molecule has 0 aromatic heterocycles. The van der Waals surface area contributed by atoms with Crippen molar-refractivity contribution in [3.63, 3.8) is 0 Å². The number of alkyl halides is 3. The lowest BCUT2D eigenvalue weighted by molar-refractivity contribution is -0.160. The first-order valence-corrected chi connectivity index (χ1v) is 4.78. The average Bonchev–Trinajstić information content (AvgIpc) is 1.73. The Balaban J connectivity index is 3.98. The Hall–Kier alpha value is -0.740. The lowest BCUT2D eigenvalue weighted by Gasteiger charge is -2.21. The van der Waals surface area contributed by atoms with Crippen molar-refractivity contribution in [1.29, 1.82) is 0 Å². The Morgan fingerprint density at radius 1 is 1.27 bits per heavy atom. The topological polar surface area (TPSA) is 26.3 Å². The minimum Gasteiger partial charge on any atom is -0.460 e. The molecule has 1 unspecified atom stereocenters. The van der Waals surface area contributed by atoms with Gasteiger partial charge in [-0.3, -0.25) is 4.79 Å². The van der Waals surface area contributed by atoms with Crippen LogP contribution in [0.25, 0.3) is 0 Å². The van der Waals surface area contributed by atoms with E-state index in [-0.39, 0.29) is 6.42 Å². The van der Waals surface area contributed by atoms with Crippen LogP contribution in [-0.2, 0) is 9.53 Å². The fourth-order valence-corrected chi connectivity index (χ4v) is 1.13. The molecule has 0 amide bonds. The van der Waals surface area contributed by atoms with Crippen molar-refractivity contribution in [2.75, 3.05) is 0 Å². The summed E-state index contributed by atoms with van der Waals surface area (Å²) in [4.78, 5) is 11.2. The highest BCUT2D eigenvalue weighted by Gasteiger charge is 2.31. The van der Waals surface area contributed by atoms with Crippen LogP contribution < -0.4 is 0 Å². The lowest BCUT2D eigenvalue weighted by atomic mass is 10.0. The van der Waals surface area contributed by atoms with E-state index in [1.54, 1.807) is 20.8 Å². The first-order valence-electron chi connectivity index (χ1n) is 4.78. The predicted octanol–water partition coefficient (Wildman–Crippen LogP) is 3.31. The zero-order chi connectivity index (χ0) is 12.3. The molecule has 0 bridgehead atoms. The number of ether oxygens (including phenoxy) is 1. The van der Waals surface area contributed by atoms with Crippen LogP contribution in [0, 0.1) is 5.92 Å². The van der Waals surface area contributed by atoms with Crippen LogP contribution in [0.3, 0.4) is 0 Å². The van der Waals surface area contributed by atoms with Crippen LogP contribution in [0.4, 0.5) is 13.2 Å². The average molecular weight is 226 g/mol. The number of rotatable bonds is 3. The highest BCUT2D eigenvalue weighted by atomic mass is 19.4. The van der Waals surface area contributed by atoms with Gasteiger partial charge in [-0.1, -0.05) is 6.92 Å². The number of esters is 1. The Morgan fingerprint density at radius 3 is 2.07 bits per heavy atom. The predicted molar refractivity (Wildman–Crippen MR) is 50.3 cm³/mol. The van der Waals surface area contributed by atoms with Gasteiger partial charge in [-0.2, -0.15) is 13.2 Å². The van der Waals surface area contributed by atoms with Gasteiger partial charge >= 0.3 is 12.1 Å². The van der Waals surface area contributed by atoms with Crippen molar-refractivity contribution >= 4 is 5.97 Å². The summed E-state index contributed by atoms with van der Waals surface area (Å²) in [5, 5.41) is 0. The number of carbonyl (C=O) groups excluding carboxylic acids is 1. The molecule has 0 heterocycles.